The van der Waals surface area contributed by atoms with Gasteiger partial charge in [0.05, 0.1) is 6.42 Å². The van der Waals surface area contributed by atoms with Gasteiger partial charge in [0.15, 0.2) is 6.61 Å². The zero-order chi connectivity index (χ0) is 18.4. The number of carbonyl (C=O) groups is 1. The fourth-order valence-electron chi connectivity index (χ4n) is 6.25. The van der Waals surface area contributed by atoms with Gasteiger partial charge in [0.25, 0.3) is 5.89 Å². The van der Waals surface area contributed by atoms with Crippen LogP contribution in [0.3, 0.4) is 0 Å². The van der Waals surface area contributed by atoms with Crippen LogP contribution in [0, 0.1) is 30.1 Å². The third kappa shape index (κ3) is 3.28. The van der Waals surface area contributed by atoms with Crippen LogP contribution in [0.2, 0.25) is 0 Å². The second-order valence-electron chi connectivity index (χ2n) is 9.08. The molecule has 6 rings (SSSR count). The van der Waals surface area contributed by atoms with Gasteiger partial charge in [-0.05, 0) is 74.2 Å². The highest BCUT2D eigenvalue weighted by atomic mass is 16.6. The van der Waals surface area contributed by atoms with Gasteiger partial charge in [0.2, 0.25) is 5.82 Å². The van der Waals surface area contributed by atoms with Crippen LogP contribution in [0.5, 0.6) is 0 Å². The summed E-state index contributed by atoms with van der Waals surface area (Å²) in [6.07, 6.45) is 8.35. The highest BCUT2D eigenvalue weighted by molar-refractivity contribution is 5.70. The minimum absolute atomic E-state index is 0.0596. The minimum Gasteiger partial charge on any atom is -0.456 e. The van der Waals surface area contributed by atoms with Gasteiger partial charge < -0.3 is 9.26 Å². The van der Waals surface area contributed by atoms with Crippen LogP contribution in [0.4, 0.5) is 0 Å². The molecule has 1 heterocycles. The normalized spacial score (nSPS) is 31.2. The molecule has 0 unspecified atom stereocenters. The van der Waals surface area contributed by atoms with E-state index < -0.39 is 0 Å². The Morgan fingerprint density at radius 2 is 1.81 bits per heavy atom. The van der Waals surface area contributed by atoms with Gasteiger partial charge in [-0.1, -0.05) is 29.4 Å². The number of aromatic nitrogens is 2. The second kappa shape index (κ2) is 6.47. The van der Waals surface area contributed by atoms with Gasteiger partial charge in [-0.2, -0.15) is 4.98 Å². The topological polar surface area (TPSA) is 65.2 Å². The van der Waals surface area contributed by atoms with Crippen LogP contribution in [0.25, 0.3) is 11.4 Å². The van der Waals surface area contributed by atoms with Crippen LogP contribution in [0.15, 0.2) is 28.8 Å². The molecule has 4 fully saturated rings. The number of hydrogen-bond donors (Lipinski definition) is 0. The van der Waals surface area contributed by atoms with E-state index in [-0.39, 0.29) is 18.0 Å². The fourth-order valence-corrected chi connectivity index (χ4v) is 6.25. The van der Waals surface area contributed by atoms with E-state index in [9.17, 15) is 4.79 Å². The highest BCUT2D eigenvalue weighted by Gasteiger charge is 2.51. The first kappa shape index (κ1) is 17.0. The van der Waals surface area contributed by atoms with Crippen molar-refractivity contribution in [1.82, 2.24) is 10.1 Å². The molecule has 142 valence electrons. The predicted octanol–water partition coefficient (Wildman–Crippen LogP) is 4.69. The molecule has 0 atom stereocenters. The molecule has 4 bridgehead atoms. The van der Waals surface area contributed by atoms with Gasteiger partial charge in [-0.25, -0.2) is 0 Å². The lowest BCUT2D eigenvalue weighted by atomic mass is 9.49. The van der Waals surface area contributed by atoms with Crippen molar-refractivity contribution in [2.75, 3.05) is 0 Å². The Morgan fingerprint density at radius 1 is 1.15 bits per heavy atom. The van der Waals surface area contributed by atoms with Gasteiger partial charge in [0, 0.05) is 5.56 Å². The van der Waals surface area contributed by atoms with Crippen molar-refractivity contribution in [2.45, 2.75) is 58.5 Å². The van der Waals surface area contributed by atoms with Crippen LogP contribution in [-0.4, -0.2) is 16.1 Å². The average Bonchev–Trinajstić information content (AvgIpc) is 3.07. The van der Waals surface area contributed by atoms with Crippen LogP contribution >= 0.6 is 0 Å². The number of benzene rings is 1. The summed E-state index contributed by atoms with van der Waals surface area (Å²) in [6.45, 7) is 2.07. The molecule has 0 aliphatic heterocycles. The Bertz CT molecular complexity index is 821. The Morgan fingerprint density at radius 3 is 2.48 bits per heavy atom. The van der Waals surface area contributed by atoms with E-state index in [4.69, 9.17) is 9.26 Å². The summed E-state index contributed by atoms with van der Waals surface area (Å²) in [5.74, 6) is 3.31. The lowest BCUT2D eigenvalue weighted by Crippen LogP contribution is -2.47. The number of esters is 1. The van der Waals surface area contributed by atoms with Crippen LogP contribution < -0.4 is 0 Å². The van der Waals surface area contributed by atoms with Crippen molar-refractivity contribution >= 4 is 5.97 Å². The standard InChI is InChI=1S/C22H26N2O3/c1-14-4-2-3-5-18(14)21-23-19(27-24-21)13-26-20(25)12-22-9-15-6-16(10-22)8-17(7-15)11-22/h2-5,15-17H,6-13H2,1H3. The lowest BCUT2D eigenvalue weighted by Gasteiger charge is -2.56. The van der Waals surface area contributed by atoms with Crippen molar-refractivity contribution in [2.24, 2.45) is 23.2 Å². The average molecular weight is 366 g/mol. The molecular formula is C22H26N2O3. The molecule has 5 nitrogen and oxygen atoms in total. The number of nitrogens with zero attached hydrogens (tertiary/aromatic N) is 2. The highest BCUT2D eigenvalue weighted by Crippen LogP contribution is 2.61. The summed E-state index contributed by atoms with van der Waals surface area (Å²) in [5.41, 5.74) is 2.23. The molecule has 0 saturated heterocycles. The fraction of sp³-hybridized carbons (Fsp3) is 0.591. The summed E-state index contributed by atoms with van der Waals surface area (Å²) in [4.78, 5) is 16.9. The van der Waals surface area contributed by atoms with Crippen LogP contribution in [0.1, 0.15) is 56.4 Å². The molecular weight excluding hydrogens is 340 g/mol. The Balaban J connectivity index is 1.20. The molecule has 2 aromatic rings. The maximum Gasteiger partial charge on any atom is 0.306 e. The van der Waals surface area contributed by atoms with Crippen molar-refractivity contribution in [3.63, 3.8) is 0 Å². The summed E-state index contributed by atoms with van der Waals surface area (Å²) >= 11 is 0. The van der Waals surface area contributed by atoms with Crippen molar-refractivity contribution in [3.8, 4) is 11.4 Å². The molecule has 1 aromatic heterocycles. The first-order chi connectivity index (χ1) is 13.1. The molecule has 4 aliphatic rings. The maximum atomic E-state index is 12.5. The Labute approximate surface area is 159 Å². The molecule has 0 radical (unpaired) electrons. The van der Waals surface area contributed by atoms with Gasteiger partial charge in [-0.3, -0.25) is 4.79 Å². The molecule has 4 saturated carbocycles. The summed E-state index contributed by atoms with van der Waals surface area (Å²) < 4.78 is 10.8. The molecule has 5 heteroatoms. The molecule has 1 aromatic carbocycles. The first-order valence-corrected chi connectivity index (χ1v) is 10.1. The zero-order valence-corrected chi connectivity index (χ0v) is 15.8. The van der Waals surface area contributed by atoms with E-state index in [1.165, 1.54) is 38.5 Å². The van der Waals surface area contributed by atoms with Crippen molar-refractivity contribution in [1.29, 1.82) is 0 Å². The van der Waals surface area contributed by atoms with Crippen molar-refractivity contribution in [3.05, 3.63) is 35.7 Å². The van der Waals surface area contributed by atoms with Crippen molar-refractivity contribution < 1.29 is 14.1 Å². The molecule has 4 aliphatic carbocycles. The Hall–Kier alpha value is -2.17. The van der Waals surface area contributed by atoms with Gasteiger partial charge in [0.1, 0.15) is 0 Å². The largest absolute Gasteiger partial charge is 0.456 e. The van der Waals surface area contributed by atoms with E-state index >= 15 is 0 Å². The first-order valence-electron chi connectivity index (χ1n) is 10.1. The Kier molecular flexibility index (Phi) is 4.06. The number of hydrogen-bond acceptors (Lipinski definition) is 5. The third-order valence-corrected chi connectivity index (χ3v) is 6.90. The second-order valence-corrected chi connectivity index (χ2v) is 9.08. The van der Waals surface area contributed by atoms with E-state index in [1.54, 1.807) is 0 Å². The van der Waals surface area contributed by atoms with Gasteiger partial charge in [-0.15, -0.1) is 0 Å². The molecule has 0 N–H and O–H groups in total. The van der Waals surface area contributed by atoms with E-state index in [1.807, 2.05) is 31.2 Å². The zero-order valence-electron chi connectivity index (χ0n) is 15.8. The summed E-state index contributed by atoms with van der Waals surface area (Å²) in [6, 6.07) is 7.90. The third-order valence-electron chi connectivity index (χ3n) is 6.90. The molecule has 27 heavy (non-hydrogen) atoms. The number of carbonyl (C=O) groups excluding carboxylic acids is 1. The molecule has 0 spiro atoms. The monoisotopic (exact) mass is 366 g/mol. The quantitative estimate of drug-likeness (QED) is 0.718. The smallest absolute Gasteiger partial charge is 0.306 e. The predicted molar refractivity (Wildman–Crippen MR) is 99.5 cm³/mol. The molecule has 0 amide bonds. The number of aryl methyl sites for hydroxylation is 1. The minimum atomic E-state index is -0.118. The van der Waals surface area contributed by atoms with Gasteiger partial charge >= 0.3 is 5.97 Å². The van der Waals surface area contributed by atoms with E-state index in [0.29, 0.717) is 18.1 Å². The lowest BCUT2D eigenvalue weighted by molar-refractivity contribution is -0.154. The van der Waals surface area contributed by atoms with Crippen LogP contribution in [-0.2, 0) is 16.1 Å². The SMILES string of the molecule is Cc1ccccc1-c1noc(COC(=O)CC23CC4CC(CC(C4)C2)C3)n1. The van der Waals surface area contributed by atoms with E-state index in [0.717, 1.165) is 28.9 Å². The number of ether oxygens (including phenoxy) is 1. The summed E-state index contributed by atoms with van der Waals surface area (Å²) in [7, 11) is 0. The summed E-state index contributed by atoms with van der Waals surface area (Å²) in [5, 5.41) is 4.03. The van der Waals surface area contributed by atoms with E-state index in [2.05, 4.69) is 10.1 Å². The number of rotatable bonds is 5. The maximum absolute atomic E-state index is 12.5.